The van der Waals surface area contributed by atoms with Crippen LogP contribution in [0.1, 0.15) is 64.0 Å². The quantitative estimate of drug-likeness (QED) is 0.520. The highest BCUT2D eigenvalue weighted by molar-refractivity contribution is 7.92. The molecule has 1 fully saturated rings. The molecule has 2 unspecified atom stereocenters. The fourth-order valence-corrected chi connectivity index (χ4v) is 7.15. The summed E-state index contributed by atoms with van der Waals surface area (Å²) in [6.07, 6.45) is 5.43. The van der Waals surface area contributed by atoms with Crippen molar-refractivity contribution in [1.29, 1.82) is 0 Å². The Balaban J connectivity index is 1.67. The minimum atomic E-state index is -3.49. The zero-order valence-electron chi connectivity index (χ0n) is 20.1. The largest absolute Gasteiger partial charge is 0.497 e. The van der Waals surface area contributed by atoms with Crippen LogP contribution >= 0.6 is 0 Å². The van der Waals surface area contributed by atoms with Crippen molar-refractivity contribution in [3.63, 3.8) is 0 Å². The highest BCUT2D eigenvalue weighted by Crippen LogP contribution is 2.50. The summed E-state index contributed by atoms with van der Waals surface area (Å²) in [6, 6.07) is 15.3. The fourth-order valence-electron chi connectivity index (χ4n) is 5.36. The van der Waals surface area contributed by atoms with Gasteiger partial charge < -0.3 is 4.74 Å². The van der Waals surface area contributed by atoms with Gasteiger partial charge in [-0.2, -0.15) is 0 Å². The van der Waals surface area contributed by atoms with Gasteiger partial charge in [-0.05, 0) is 71.9 Å². The predicted molar refractivity (Wildman–Crippen MR) is 131 cm³/mol. The number of ether oxygens (including phenoxy) is 1. The van der Waals surface area contributed by atoms with Crippen molar-refractivity contribution >= 4 is 15.6 Å². The molecular weight excluding hydrogens is 432 g/mol. The van der Waals surface area contributed by atoms with Crippen LogP contribution in [-0.4, -0.2) is 26.6 Å². The number of ketones is 1. The summed E-state index contributed by atoms with van der Waals surface area (Å²) in [5.41, 5.74) is 3.02. The molecule has 2 aromatic rings. The molecule has 0 N–H and O–H groups in total. The molecule has 0 radical (unpaired) electrons. The van der Waals surface area contributed by atoms with E-state index < -0.39 is 15.1 Å². The Bertz CT molecular complexity index is 1170. The minimum absolute atomic E-state index is 0.0276. The number of carbonyl (C=O) groups excluding carboxylic acids is 1. The van der Waals surface area contributed by atoms with Crippen LogP contribution in [0.25, 0.3) is 0 Å². The smallest absolute Gasteiger partial charge is 0.181 e. The SMILES string of the molecule is COc1cccc(CC23CCC(=O)CC2=CCC(S(=O)(=O)c2ccc(C(C)(C)C)cc2)C3)c1. The van der Waals surface area contributed by atoms with E-state index in [2.05, 4.69) is 26.8 Å². The molecule has 2 aromatic carbocycles. The van der Waals surface area contributed by atoms with Gasteiger partial charge in [-0.1, -0.05) is 56.7 Å². The summed E-state index contributed by atoms with van der Waals surface area (Å²) in [5.74, 6) is 1.04. The molecule has 0 heterocycles. The van der Waals surface area contributed by atoms with Gasteiger partial charge in [0.05, 0.1) is 17.3 Å². The molecule has 0 spiro atoms. The van der Waals surface area contributed by atoms with Crippen molar-refractivity contribution < 1.29 is 17.9 Å². The minimum Gasteiger partial charge on any atom is -0.497 e. The second kappa shape index (κ2) is 8.75. The summed E-state index contributed by atoms with van der Waals surface area (Å²) in [6.45, 7) is 6.37. The van der Waals surface area contributed by atoms with E-state index in [1.807, 2.05) is 36.4 Å². The summed E-state index contributed by atoms with van der Waals surface area (Å²) >= 11 is 0. The van der Waals surface area contributed by atoms with Crippen molar-refractivity contribution in [3.05, 3.63) is 71.3 Å². The van der Waals surface area contributed by atoms with Gasteiger partial charge in [0, 0.05) is 12.8 Å². The lowest BCUT2D eigenvalue weighted by molar-refractivity contribution is -0.120. The molecule has 0 aromatic heterocycles. The second-order valence-corrected chi connectivity index (χ2v) is 12.9. The van der Waals surface area contributed by atoms with Crippen LogP contribution in [0.4, 0.5) is 0 Å². The van der Waals surface area contributed by atoms with Gasteiger partial charge in [-0.15, -0.1) is 0 Å². The van der Waals surface area contributed by atoms with Crippen LogP contribution in [0, 0.1) is 5.41 Å². The third kappa shape index (κ3) is 4.79. The average molecular weight is 467 g/mol. The molecule has 176 valence electrons. The molecule has 4 nitrogen and oxygen atoms in total. The molecule has 1 saturated carbocycles. The molecule has 0 aliphatic heterocycles. The standard InChI is InChI=1S/C28H34O4S/c1-27(2,3)21-8-11-25(12-9-21)33(30,31)26-13-10-22-17-23(29)14-15-28(22,19-26)18-20-6-5-7-24(16-20)32-4/h5-12,16,26H,13-15,17-19H2,1-4H3. The number of rotatable bonds is 5. The van der Waals surface area contributed by atoms with Gasteiger partial charge in [0.15, 0.2) is 9.84 Å². The molecule has 4 rings (SSSR count). The predicted octanol–water partition coefficient (Wildman–Crippen LogP) is 5.84. The Morgan fingerprint density at radius 3 is 2.48 bits per heavy atom. The fraction of sp³-hybridized carbons (Fsp3) is 0.464. The molecule has 2 aliphatic rings. The topological polar surface area (TPSA) is 60.4 Å². The maximum absolute atomic E-state index is 13.7. The van der Waals surface area contributed by atoms with Gasteiger partial charge in [0.25, 0.3) is 0 Å². The molecule has 2 atom stereocenters. The highest BCUT2D eigenvalue weighted by atomic mass is 32.2. The summed E-state index contributed by atoms with van der Waals surface area (Å²) in [7, 11) is -1.84. The third-order valence-corrected chi connectivity index (χ3v) is 9.53. The van der Waals surface area contributed by atoms with Gasteiger partial charge in [-0.25, -0.2) is 8.42 Å². The van der Waals surface area contributed by atoms with E-state index in [4.69, 9.17) is 4.74 Å². The summed E-state index contributed by atoms with van der Waals surface area (Å²) in [4.78, 5) is 12.6. The number of Topliss-reactive ketones (excluding diaryl/α,β-unsaturated/α-hetero) is 1. The first-order valence-corrected chi connectivity index (χ1v) is 13.3. The van der Waals surface area contributed by atoms with Crippen LogP contribution in [0.5, 0.6) is 5.75 Å². The van der Waals surface area contributed by atoms with Gasteiger partial charge in [0.1, 0.15) is 11.5 Å². The number of carbonyl (C=O) groups is 1. The molecule has 0 amide bonds. The van der Waals surface area contributed by atoms with Crippen LogP contribution in [0.15, 0.2) is 65.1 Å². The van der Waals surface area contributed by atoms with E-state index >= 15 is 0 Å². The van der Waals surface area contributed by atoms with Crippen molar-refractivity contribution in [3.8, 4) is 5.75 Å². The van der Waals surface area contributed by atoms with Gasteiger partial charge in [-0.3, -0.25) is 4.79 Å². The first kappa shape index (κ1) is 23.7. The zero-order chi connectivity index (χ0) is 23.9. The number of methoxy groups -OCH3 is 1. The van der Waals surface area contributed by atoms with Crippen LogP contribution in [0.2, 0.25) is 0 Å². The van der Waals surface area contributed by atoms with E-state index in [1.54, 1.807) is 19.2 Å². The normalized spacial score (nSPS) is 23.6. The lowest BCUT2D eigenvalue weighted by atomic mass is 9.62. The molecule has 33 heavy (non-hydrogen) atoms. The molecule has 2 aliphatic carbocycles. The maximum atomic E-state index is 13.7. The molecular formula is C28H34O4S. The van der Waals surface area contributed by atoms with E-state index in [0.29, 0.717) is 37.0 Å². The maximum Gasteiger partial charge on any atom is 0.181 e. The van der Waals surface area contributed by atoms with Crippen molar-refractivity contribution in [2.75, 3.05) is 7.11 Å². The number of allylic oxidation sites excluding steroid dienone is 2. The van der Waals surface area contributed by atoms with Crippen molar-refractivity contribution in [2.24, 2.45) is 5.41 Å². The number of fused-ring (bicyclic) bond motifs is 1. The van der Waals surface area contributed by atoms with E-state index in [-0.39, 0.29) is 16.6 Å². The molecule has 5 heteroatoms. The molecule has 0 saturated heterocycles. The summed E-state index contributed by atoms with van der Waals surface area (Å²) < 4.78 is 32.7. The van der Waals surface area contributed by atoms with Gasteiger partial charge in [0.2, 0.25) is 0 Å². The Labute approximate surface area is 198 Å². The third-order valence-electron chi connectivity index (χ3n) is 7.36. The molecule has 0 bridgehead atoms. The van der Waals surface area contributed by atoms with Crippen molar-refractivity contribution in [1.82, 2.24) is 0 Å². The first-order chi connectivity index (χ1) is 15.5. The Morgan fingerprint density at radius 2 is 1.82 bits per heavy atom. The lowest BCUT2D eigenvalue weighted by Crippen LogP contribution is -2.41. The van der Waals surface area contributed by atoms with Gasteiger partial charge >= 0.3 is 0 Å². The zero-order valence-corrected chi connectivity index (χ0v) is 20.9. The summed E-state index contributed by atoms with van der Waals surface area (Å²) in [5, 5.41) is -0.486. The van der Waals surface area contributed by atoms with Crippen LogP contribution in [-0.2, 0) is 26.5 Å². The highest BCUT2D eigenvalue weighted by Gasteiger charge is 2.46. The number of sulfone groups is 1. The van der Waals surface area contributed by atoms with Crippen molar-refractivity contribution in [2.45, 2.75) is 74.9 Å². The van der Waals surface area contributed by atoms with E-state index in [1.165, 1.54) is 0 Å². The Kier molecular flexibility index (Phi) is 6.30. The second-order valence-electron chi connectivity index (χ2n) is 10.6. The Hall–Kier alpha value is -2.40. The number of benzene rings is 2. The lowest BCUT2D eigenvalue weighted by Gasteiger charge is -2.44. The van der Waals surface area contributed by atoms with Crippen LogP contribution in [0.3, 0.4) is 0 Å². The average Bonchev–Trinajstić information content (AvgIpc) is 2.78. The number of hydrogen-bond donors (Lipinski definition) is 0. The van der Waals surface area contributed by atoms with Crippen LogP contribution < -0.4 is 4.74 Å². The van der Waals surface area contributed by atoms with E-state index in [0.717, 1.165) is 28.9 Å². The first-order valence-electron chi connectivity index (χ1n) is 11.7. The monoisotopic (exact) mass is 466 g/mol. The Morgan fingerprint density at radius 1 is 1.09 bits per heavy atom. The number of hydrogen-bond acceptors (Lipinski definition) is 4. The van der Waals surface area contributed by atoms with E-state index in [9.17, 15) is 13.2 Å².